The predicted molar refractivity (Wildman–Crippen MR) is 147 cm³/mol. The molecule has 1 atom stereocenters. The van der Waals surface area contributed by atoms with Crippen LogP contribution in [-0.2, 0) is 29.0 Å². The van der Waals surface area contributed by atoms with E-state index in [1.807, 2.05) is 57.2 Å². The summed E-state index contributed by atoms with van der Waals surface area (Å²) in [5.41, 5.74) is 3.59. The molecule has 0 aliphatic heterocycles. The smallest absolute Gasteiger partial charge is 0.407 e. The lowest BCUT2D eigenvalue weighted by Crippen LogP contribution is -2.35. The first-order valence-corrected chi connectivity index (χ1v) is 12.7. The maximum absolute atomic E-state index is 13.8. The number of rotatable bonds is 8. The third-order valence-corrected chi connectivity index (χ3v) is 6.09. The summed E-state index contributed by atoms with van der Waals surface area (Å²) < 4.78 is 7.20. The number of carbonyl (C=O) groups excluding carboxylic acids is 1. The number of fused-ring (bicyclic) bond motifs is 1. The highest BCUT2D eigenvalue weighted by Crippen LogP contribution is 2.33. The van der Waals surface area contributed by atoms with Gasteiger partial charge >= 0.3 is 12.1 Å². The summed E-state index contributed by atoms with van der Waals surface area (Å²) in [5, 5.41) is 13.6. The van der Waals surface area contributed by atoms with Gasteiger partial charge in [-0.3, -0.25) is 9.59 Å². The number of hydrogen-bond donors (Lipinski definition) is 2. The number of ether oxygens (including phenoxy) is 1. The Balaban J connectivity index is 2.29. The molecule has 2 aromatic carbocycles. The minimum Gasteiger partial charge on any atom is -0.481 e. The Bertz CT molecular complexity index is 1350. The molecule has 3 aromatic rings. The number of amides is 1. The lowest BCUT2D eigenvalue weighted by molar-refractivity contribution is -0.141. The van der Waals surface area contributed by atoms with E-state index in [4.69, 9.17) is 4.74 Å². The zero-order chi connectivity index (χ0) is 27.5. The van der Waals surface area contributed by atoms with Crippen LogP contribution in [0.4, 0.5) is 4.79 Å². The van der Waals surface area contributed by atoms with E-state index >= 15 is 0 Å². The van der Waals surface area contributed by atoms with Crippen LogP contribution >= 0.6 is 0 Å². The number of carboxylic acids is 1. The maximum atomic E-state index is 13.8. The molecule has 0 spiro atoms. The molecule has 0 bridgehead atoms. The zero-order valence-corrected chi connectivity index (χ0v) is 22.8. The number of nitrogens with zero attached hydrogens (tertiary/aromatic N) is 1. The number of hydrogen-bond acceptors (Lipinski definition) is 4. The third-order valence-electron chi connectivity index (χ3n) is 6.09. The van der Waals surface area contributed by atoms with E-state index in [1.165, 1.54) is 0 Å². The zero-order valence-electron chi connectivity index (χ0n) is 22.8. The summed E-state index contributed by atoms with van der Waals surface area (Å²) in [5.74, 6) is -1.24. The standard InChI is InChI=1S/C30H38N2O5/c1-18(2)17-32-25(16-31-29(36)37-30(5,6)7)26(22-11-8-19(3)9-12-22)24-15-21(14-20(4)28(34)35)10-13-23(24)27(32)33/h8-13,15,18,20H,14,16-17H2,1-7H3,(H,31,36)(H,34,35). The molecule has 1 heterocycles. The average Bonchev–Trinajstić information content (AvgIpc) is 2.79. The highest BCUT2D eigenvalue weighted by Gasteiger charge is 2.22. The Hall–Kier alpha value is -3.61. The molecular weight excluding hydrogens is 468 g/mol. The second-order valence-corrected chi connectivity index (χ2v) is 11.2. The highest BCUT2D eigenvalue weighted by atomic mass is 16.6. The molecule has 0 radical (unpaired) electrons. The van der Waals surface area contributed by atoms with Gasteiger partial charge in [0.1, 0.15) is 5.60 Å². The van der Waals surface area contributed by atoms with Crippen molar-refractivity contribution < 1.29 is 19.4 Å². The number of aliphatic carboxylic acids is 1. The Morgan fingerprint density at radius 2 is 1.68 bits per heavy atom. The molecule has 1 unspecified atom stereocenters. The van der Waals surface area contributed by atoms with Gasteiger partial charge in [0.25, 0.3) is 5.56 Å². The second kappa shape index (κ2) is 11.2. The van der Waals surface area contributed by atoms with Crippen LogP contribution < -0.4 is 10.9 Å². The van der Waals surface area contributed by atoms with Gasteiger partial charge in [0.15, 0.2) is 0 Å². The largest absolute Gasteiger partial charge is 0.481 e. The van der Waals surface area contributed by atoms with Gasteiger partial charge in [-0.05, 0) is 62.6 Å². The first-order chi connectivity index (χ1) is 17.3. The number of alkyl carbamates (subject to hydrolysis) is 1. The van der Waals surface area contributed by atoms with E-state index < -0.39 is 23.6 Å². The monoisotopic (exact) mass is 506 g/mol. The number of pyridine rings is 1. The normalized spacial score (nSPS) is 12.5. The van der Waals surface area contributed by atoms with Crippen LogP contribution in [0.25, 0.3) is 21.9 Å². The fraction of sp³-hybridized carbons (Fsp3) is 0.433. The number of carbonyl (C=O) groups is 2. The molecule has 0 fully saturated rings. The van der Waals surface area contributed by atoms with Crippen molar-refractivity contribution in [2.45, 2.75) is 73.6 Å². The molecule has 2 N–H and O–H groups in total. The third kappa shape index (κ3) is 7.00. The number of nitrogens with one attached hydrogen (secondary N) is 1. The van der Waals surface area contributed by atoms with E-state index in [0.717, 1.165) is 27.6 Å². The van der Waals surface area contributed by atoms with Gasteiger partial charge in [-0.2, -0.15) is 0 Å². The number of aryl methyl sites for hydroxylation is 1. The number of carboxylic acid groups (broad SMARTS) is 1. The van der Waals surface area contributed by atoms with Crippen LogP contribution in [0.1, 0.15) is 58.4 Å². The van der Waals surface area contributed by atoms with Gasteiger partial charge in [0, 0.05) is 23.2 Å². The summed E-state index contributed by atoms with van der Waals surface area (Å²) >= 11 is 0. The van der Waals surface area contributed by atoms with Crippen molar-refractivity contribution in [3.63, 3.8) is 0 Å². The van der Waals surface area contributed by atoms with Gasteiger partial charge < -0.3 is 19.7 Å². The fourth-order valence-electron chi connectivity index (χ4n) is 4.37. The van der Waals surface area contributed by atoms with E-state index in [1.54, 1.807) is 38.3 Å². The summed E-state index contributed by atoms with van der Waals surface area (Å²) in [6.07, 6.45) is -0.214. The first-order valence-electron chi connectivity index (χ1n) is 12.7. The van der Waals surface area contributed by atoms with E-state index in [-0.39, 0.29) is 18.0 Å². The lowest BCUT2D eigenvalue weighted by atomic mass is 9.92. The van der Waals surface area contributed by atoms with Crippen LogP contribution in [0.5, 0.6) is 0 Å². The van der Waals surface area contributed by atoms with Crippen LogP contribution in [0.15, 0.2) is 47.3 Å². The summed E-state index contributed by atoms with van der Waals surface area (Å²) in [6.45, 7) is 13.8. The molecule has 7 nitrogen and oxygen atoms in total. The van der Waals surface area contributed by atoms with Crippen LogP contribution in [0.3, 0.4) is 0 Å². The second-order valence-electron chi connectivity index (χ2n) is 11.2. The molecule has 3 rings (SSSR count). The fourth-order valence-corrected chi connectivity index (χ4v) is 4.37. The average molecular weight is 507 g/mol. The van der Waals surface area contributed by atoms with Gasteiger partial charge in [0.2, 0.25) is 0 Å². The molecule has 7 heteroatoms. The molecule has 0 saturated heterocycles. The molecule has 0 aliphatic carbocycles. The van der Waals surface area contributed by atoms with Crippen LogP contribution in [0, 0.1) is 18.8 Å². The predicted octanol–water partition coefficient (Wildman–Crippen LogP) is 5.92. The summed E-state index contributed by atoms with van der Waals surface area (Å²) in [4.78, 5) is 37.8. The van der Waals surface area contributed by atoms with Crippen molar-refractivity contribution in [3.05, 3.63) is 69.6 Å². The van der Waals surface area contributed by atoms with E-state index in [0.29, 0.717) is 24.0 Å². The quantitative estimate of drug-likeness (QED) is 0.395. The van der Waals surface area contributed by atoms with E-state index in [2.05, 4.69) is 5.32 Å². The molecule has 198 valence electrons. The van der Waals surface area contributed by atoms with Crippen molar-refractivity contribution in [2.24, 2.45) is 11.8 Å². The molecule has 1 aromatic heterocycles. The lowest BCUT2D eigenvalue weighted by Gasteiger charge is -2.24. The Morgan fingerprint density at radius 1 is 1.03 bits per heavy atom. The molecular formula is C30H38N2O5. The maximum Gasteiger partial charge on any atom is 0.407 e. The summed E-state index contributed by atoms with van der Waals surface area (Å²) in [7, 11) is 0. The minimum absolute atomic E-state index is 0.103. The molecule has 0 aliphatic rings. The van der Waals surface area contributed by atoms with Crippen molar-refractivity contribution in [1.29, 1.82) is 0 Å². The topological polar surface area (TPSA) is 97.6 Å². The van der Waals surface area contributed by atoms with Crippen molar-refractivity contribution in [2.75, 3.05) is 0 Å². The van der Waals surface area contributed by atoms with Crippen molar-refractivity contribution >= 4 is 22.8 Å². The van der Waals surface area contributed by atoms with Gasteiger partial charge in [-0.25, -0.2) is 4.79 Å². The Labute approximate surface area is 218 Å². The van der Waals surface area contributed by atoms with Crippen molar-refractivity contribution in [1.82, 2.24) is 9.88 Å². The number of aromatic nitrogens is 1. The first kappa shape index (κ1) is 28.0. The van der Waals surface area contributed by atoms with Crippen LogP contribution in [-0.4, -0.2) is 27.3 Å². The highest BCUT2D eigenvalue weighted by molar-refractivity contribution is 5.98. The van der Waals surface area contributed by atoms with E-state index in [9.17, 15) is 19.5 Å². The minimum atomic E-state index is -0.867. The Kier molecular flexibility index (Phi) is 8.46. The molecule has 37 heavy (non-hydrogen) atoms. The molecule has 0 saturated carbocycles. The van der Waals surface area contributed by atoms with Gasteiger partial charge in [-0.15, -0.1) is 0 Å². The Morgan fingerprint density at radius 3 is 2.24 bits per heavy atom. The molecule has 1 amide bonds. The van der Waals surface area contributed by atoms with Gasteiger partial charge in [-0.1, -0.05) is 62.7 Å². The summed E-state index contributed by atoms with van der Waals surface area (Å²) in [6, 6.07) is 13.6. The number of benzene rings is 2. The van der Waals surface area contributed by atoms with Crippen LogP contribution in [0.2, 0.25) is 0 Å². The van der Waals surface area contributed by atoms with Crippen molar-refractivity contribution in [3.8, 4) is 11.1 Å². The SMILES string of the molecule is Cc1ccc(-c2c(CNC(=O)OC(C)(C)C)n(CC(C)C)c(=O)c3ccc(CC(C)C(=O)O)cc23)cc1. The van der Waals surface area contributed by atoms with Gasteiger partial charge in [0.05, 0.1) is 12.5 Å².